The lowest BCUT2D eigenvalue weighted by atomic mass is 10.2. The molecule has 0 aromatic carbocycles. The van der Waals surface area contributed by atoms with Gasteiger partial charge in [-0.2, -0.15) is 0 Å². The summed E-state index contributed by atoms with van der Waals surface area (Å²) >= 11 is 1.77. The quantitative estimate of drug-likeness (QED) is 0.746. The van der Waals surface area contributed by atoms with Crippen LogP contribution in [0, 0.1) is 12.8 Å². The lowest BCUT2D eigenvalue weighted by Crippen LogP contribution is -2.34. The van der Waals surface area contributed by atoms with Crippen LogP contribution in [0.15, 0.2) is 11.4 Å². The first-order valence-electron chi connectivity index (χ1n) is 5.62. The first kappa shape index (κ1) is 13.2. The van der Waals surface area contributed by atoms with Gasteiger partial charge in [0.1, 0.15) is 0 Å². The number of amides is 1. The van der Waals surface area contributed by atoms with Crippen molar-refractivity contribution in [1.29, 1.82) is 0 Å². The molecule has 3 nitrogen and oxygen atoms in total. The summed E-state index contributed by atoms with van der Waals surface area (Å²) in [5, 5.41) is 8.30. The maximum Gasteiger partial charge on any atom is 0.222 e. The summed E-state index contributed by atoms with van der Waals surface area (Å²) in [6.45, 7) is 8.32. The Bertz CT molecular complexity index is 334. The number of nitrogens with one attached hydrogen (secondary N) is 2. The molecule has 2 N–H and O–H groups in total. The minimum atomic E-state index is 0.0690. The lowest BCUT2D eigenvalue weighted by Gasteiger charge is -2.08. The molecule has 1 heterocycles. The van der Waals surface area contributed by atoms with Crippen LogP contribution >= 0.6 is 11.3 Å². The van der Waals surface area contributed by atoms with E-state index in [0.29, 0.717) is 6.54 Å². The minimum absolute atomic E-state index is 0.0690. The molecule has 1 amide bonds. The average Bonchev–Trinajstić information content (AvgIpc) is 2.63. The van der Waals surface area contributed by atoms with Gasteiger partial charge in [-0.3, -0.25) is 4.79 Å². The normalized spacial score (nSPS) is 10.8. The fourth-order valence-corrected chi connectivity index (χ4v) is 2.14. The third-order valence-electron chi connectivity index (χ3n) is 2.38. The molecule has 0 fully saturated rings. The van der Waals surface area contributed by atoms with Crippen LogP contribution in [0.3, 0.4) is 0 Å². The van der Waals surface area contributed by atoms with Gasteiger partial charge >= 0.3 is 0 Å². The molecule has 0 saturated heterocycles. The van der Waals surface area contributed by atoms with E-state index < -0.39 is 0 Å². The zero-order chi connectivity index (χ0) is 12.0. The Kier molecular flexibility index (Phi) is 5.49. The molecule has 4 heteroatoms. The highest BCUT2D eigenvalue weighted by atomic mass is 32.1. The van der Waals surface area contributed by atoms with Crippen LogP contribution in [0.5, 0.6) is 0 Å². The van der Waals surface area contributed by atoms with Gasteiger partial charge in [-0.25, -0.2) is 0 Å². The number of rotatable bonds is 6. The Hall–Kier alpha value is -0.870. The lowest BCUT2D eigenvalue weighted by molar-refractivity contribution is -0.123. The molecule has 0 radical (unpaired) electrons. The molecular weight excluding hydrogens is 220 g/mol. The SMILES string of the molecule is Cc1ccsc1CNCCNC(=O)C(C)C. The van der Waals surface area contributed by atoms with E-state index in [1.165, 1.54) is 10.4 Å². The van der Waals surface area contributed by atoms with Crippen molar-refractivity contribution in [2.45, 2.75) is 27.3 Å². The standard InChI is InChI=1S/C12H20N2OS/c1-9(2)12(15)14-6-5-13-8-11-10(3)4-7-16-11/h4,7,9,13H,5-6,8H2,1-3H3,(H,14,15). The summed E-state index contributed by atoms with van der Waals surface area (Å²) < 4.78 is 0. The van der Waals surface area contributed by atoms with E-state index in [-0.39, 0.29) is 11.8 Å². The van der Waals surface area contributed by atoms with Gasteiger partial charge in [-0.1, -0.05) is 13.8 Å². The van der Waals surface area contributed by atoms with Crippen LogP contribution in [0.1, 0.15) is 24.3 Å². The summed E-state index contributed by atoms with van der Waals surface area (Å²) in [6.07, 6.45) is 0. The van der Waals surface area contributed by atoms with E-state index in [9.17, 15) is 4.79 Å². The van der Waals surface area contributed by atoms with Gasteiger partial charge < -0.3 is 10.6 Å². The Balaban J connectivity index is 2.09. The summed E-state index contributed by atoms with van der Waals surface area (Å²) in [4.78, 5) is 12.6. The predicted molar refractivity (Wildman–Crippen MR) is 68.6 cm³/mol. The average molecular weight is 240 g/mol. The number of carbonyl (C=O) groups excluding carboxylic acids is 1. The molecule has 16 heavy (non-hydrogen) atoms. The third kappa shape index (κ3) is 4.33. The van der Waals surface area contributed by atoms with Crippen molar-refractivity contribution in [2.75, 3.05) is 13.1 Å². The highest BCUT2D eigenvalue weighted by Gasteiger charge is 2.04. The van der Waals surface area contributed by atoms with Crippen LogP contribution in [0.4, 0.5) is 0 Å². The van der Waals surface area contributed by atoms with Crippen LogP contribution in [-0.4, -0.2) is 19.0 Å². The second kappa shape index (κ2) is 6.66. The molecule has 0 unspecified atom stereocenters. The fraction of sp³-hybridized carbons (Fsp3) is 0.583. The van der Waals surface area contributed by atoms with Crippen molar-refractivity contribution in [3.05, 3.63) is 21.9 Å². The second-order valence-corrected chi connectivity index (χ2v) is 5.15. The number of thiophene rings is 1. The monoisotopic (exact) mass is 240 g/mol. The summed E-state index contributed by atoms with van der Waals surface area (Å²) in [6, 6.07) is 2.13. The maximum atomic E-state index is 11.3. The van der Waals surface area contributed by atoms with Crippen LogP contribution in [0.25, 0.3) is 0 Å². The third-order valence-corrected chi connectivity index (χ3v) is 3.40. The Labute approximate surface area is 101 Å². The number of hydrogen-bond donors (Lipinski definition) is 2. The van der Waals surface area contributed by atoms with Crippen molar-refractivity contribution >= 4 is 17.2 Å². The topological polar surface area (TPSA) is 41.1 Å². The van der Waals surface area contributed by atoms with Gasteiger partial charge in [0.15, 0.2) is 0 Å². The van der Waals surface area contributed by atoms with Crippen molar-refractivity contribution in [2.24, 2.45) is 5.92 Å². The minimum Gasteiger partial charge on any atom is -0.355 e. The molecule has 0 atom stereocenters. The van der Waals surface area contributed by atoms with Crippen molar-refractivity contribution in [1.82, 2.24) is 10.6 Å². The van der Waals surface area contributed by atoms with E-state index in [4.69, 9.17) is 0 Å². The van der Waals surface area contributed by atoms with E-state index in [1.807, 2.05) is 13.8 Å². The zero-order valence-electron chi connectivity index (χ0n) is 10.2. The van der Waals surface area contributed by atoms with Gasteiger partial charge in [-0.05, 0) is 23.9 Å². The van der Waals surface area contributed by atoms with Gasteiger partial charge in [0.25, 0.3) is 0 Å². The van der Waals surface area contributed by atoms with E-state index in [0.717, 1.165) is 13.1 Å². The van der Waals surface area contributed by atoms with Crippen LogP contribution < -0.4 is 10.6 Å². The highest BCUT2D eigenvalue weighted by Crippen LogP contribution is 2.14. The largest absolute Gasteiger partial charge is 0.355 e. The van der Waals surface area contributed by atoms with Crippen molar-refractivity contribution < 1.29 is 4.79 Å². The molecule has 0 aliphatic rings. The Morgan fingerprint density at radius 1 is 1.44 bits per heavy atom. The number of hydrogen-bond acceptors (Lipinski definition) is 3. The molecule has 0 aliphatic heterocycles. The predicted octanol–water partition coefficient (Wildman–Crippen LogP) is 1.92. The first-order chi connectivity index (χ1) is 7.61. The summed E-state index contributed by atoms with van der Waals surface area (Å²) in [5.74, 6) is 0.189. The smallest absolute Gasteiger partial charge is 0.222 e. The van der Waals surface area contributed by atoms with Crippen LogP contribution in [0.2, 0.25) is 0 Å². The van der Waals surface area contributed by atoms with Crippen molar-refractivity contribution in [3.63, 3.8) is 0 Å². The first-order valence-corrected chi connectivity index (χ1v) is 6.50. The van der Waals surface area contributed by atoms with Gasteiger partial charge in [-0.15, -0.1) is 11.3 Å². The molecule has 1 rings (SSSR count). The Morgan fingerprint density at radius 3 is 2.75 bits per heavy atom. The molecular formula is C12H20N2OS. The molecule has 90 valence electrons. The zero-order valence-corrected chi connectivity index (χ0v) is 11.0. The maximum absolute atomic E-state index is 11.3. The van der Waals surface area contributed by atoms with E-state index in [1.54, 1.807) is 11.3 Å². The second-order valence-electron chi connectivity index (χ2n) is 4.15. The van der Waals surface area contributed by atoms with Gasteiger partial charge in [0.05, 0.1) is 0 Å². The highest BCUT2D eigenvalue weighted by molar-refractivity contribution is 7.10. The number of carbonyl (C=O) groups is 1. The molecule has 0 spiro atoms. The van der Waals surface area contributed by atoms with E-state index >= 15 is 0 Å². The molecule has 1 aromatic rings. The van der Waals surface area contributed by atoms with Gasteiger partial charge in [0, 0.05) is 30.4 Å². The molecule has 0 bridgehead atoms. The summed E-state index contributed by atoms with van der Waals surface area (Å²) in [5.41, 5.74) is 1.34. The number of aryl methyl sites for hydroxylation is 1. The Morgan fingerprint density at radius 2 is 2.19 bits per heavy atom. The van der Waals surface area contributed by atoms with Gasteiger partial charge in [0.2, 0.25) is 5.91 Å². The van der Waals surface area contributed by atoms with Crippen molar-refractivity contribution in [3.8, 4) is 0 Å². The van der Waals surface area contributed by atoms with Crippen LogP contribution in [-0.2, 0) is 11.3 Å². The molecule has 1 aromatic heterocycles. The summed E-state index contributed by atoms with van der Waals surface area (Å²) in [7, 11) is 0. The molecule has 0 aliphatic carbocycles. The fourth-order valence-electron chi connectivity index (χ4n) is 1.27. The van der Waals surface area contributed by atoms with E-state index in [2.05, 4.69) is 29.0 Å². The molecule has 0 saturated carbocycles.